The predicted molar refractivity (Wildman–Crippen MR) is 155 cm³/mol. The molecule has 2 aromatic rings. The zero-order valence-corrected chi connectivity index (χ0v) is 24.7. The molecule has 0 saturated carbocycles. The van der Waals surface area contributed by atoms with Crippen molar-refractivity contribution in [3.63, 3.8) is 0 Å². The molecular weight excluding hydrogens is 524 g/mol. The Hall–Kier alpha value is -4.05. The number of likely N-dealkylation sites (N-methyl/N-ethyl adjacent to an activating group) is 1. The summed E-state index contributed by atoms with van der Waals surface area (Å²) < 4.78 is 16.6. The van der Waals surface area contributed by atoms with Crippen LogP contribution >= 0.6 is 0 Å². The molecule has 0 bridgehead atoms. The summed E-state index contributed by atoms with van der Waals surface area (Å²) in [5.74, 6) is 0.581. The van der Waals surface area contributed by atoms with Crippen LogP contribution in [0.15, 0.2) is 53.7 Å². The number of urea groups is 1. The van der Waals surface area contributed by atoms with Crippen molar-refractivity contribution in [1.29, 1.82) is 0 Å². The van der Waals surface area contributed by atoms with E-state index in [9.17, 15) is 14.4 Å². The van der Waals surface area contributed by atoms with Crippen molar-refractivity contribution in [2.75, 3.05) is 53.6 Å². The highest BCUT2D eigenvalue weighted by Gasteiger charge is 2.40. The van der Waals surface area contributed by atoms with E-state index in [0.29, 0.717) is 66.6 Å². The molecule has 10 heteroatoms. The van der Waals surface area contributed by atoms with Gasteiger partial charge in [-0.2, -0.15) is 0 Å². The van der Waals surface area contributed by atoms with E-state index in [-0.39, 0.29) is 24.6 Å². The molecule has 0 aliphatic carbocycles. The minimum absolute atomic E-state index is 0.000918. The SMILES string of the molecule is CCOC(=O)C1=C(CN2CCN(C(=O)c3ccc(C)cc3)C(C)C2)N(CC)C(=O)NC1c1cc(OC)ccc1OC. The quantitative estimate of drug-likeness (QED) is 0.463. The number of nitrogens with zero attached hydrogens (tertiary/aromatic N) is 3. The Bertz CT molecular complexity index is 1310. The first-order valence-electron chi connectivity index (χ1n) is 14.0. The number of aryl methyl sites for hydroxylation is 1. The van der Waals surface area contributed by atoms with Gasteiger partial charge in [0.15, 0.2) is 0 Å². The minimum atomic E-state index is -0.800. The summed E-state index contributed by atoms with van der Waals surface area (Å²) in [6, 6.07) is 11.7. The second-order valence-corrected chi connectivity index (χ2v) is 10.3. The summed E-state index contributed by atoms with van der Waals surface area (Å²) >= 11 is 0. The topological polar surface area (TPSA) is 101 Å². The fraction of sp³-hybridized carbons (Fsp3) is 0.452. The third-order valence-electron chi connectivity index (χ3n) is 7.64. The standard InChI is InChI=1S/C31H40N4O6/c1-7-34-25(19-33-15-16-35(21(4)18-33)29(36)22-11-9-20(3)10-12-22)27(30(37)41-8-2)28(32-31(34)38)24-17-23(39-5)13-14-26(24)40-6/h9-14,17,21,28H,7-8,15-16,18-19H2,1-6H3,(H,32,38). The van der Waals surface area contributed by atoms with Gasteiger partial charge in [-0.15, -0.1) is 0 Å². The fourth-order valence-corrected chi connectivity index (χ4v) is 5.51. The summed E-state index contributed by atoms with van der Waals surface area (Å²) in [5.41, 5.74) is 3.30. The smallest absolute Gasteiger partial charge is 0.338 e. The van der Waals surface area contributed by atoms with Gasteiger partial charge in [0.25, 0.3) is 5.91 Å². The molecule has 2 aliphatic rings. The predicted octanol–water partition coefficient (Wildman–Crippen LogP) is 3.76. The number of methoxy groups -OCH3 is 2. The van der Waals surface area contributed by atoms with Crippen LogP contribution in [0, 0.1) is 6.92 Å². The van der Waals surface area contributed by atoms with E-state index in [1.54, 1.807) is 44.2 Å². The van der Waals surface area contributed by atoms with Crippen molar-refractivity contribution in [1.82, 2.24) is 20.0 Å². The van der Waals surface area contributed by atoms with E-state index in [0.717, 1.165) is 5.56 Å². The monoisotopic (exact) mass is 564 g/mol. The van der Waals surface area contributed by atoms with Crippen molar-refractivity contribution < 1.29 is 28.6 Å². The highest BCUT2D eigenvalue weighted by molar-refractivity contribution is 5.96. The number of amides is 3. The Morgan fingerprint density at radius 3 is 2.37 bits per heavy atom. The highest BCUT2D eigenvalue weighted by Crippen LogP contribution is 2.38. The van der Waals surface area contributed by atoms with Crippen molar-refractivity contribution in [3.05, 3.63) is 70.4 Å². The molecule has 0 spiro atoms. The summed E-state index contributed by atoms with van der Waals surface area (Å²) in [7, 11) is 3.10. The molecule has 1 saturated heterocycles. The van der Waals surface area contributed by atoms with Crippen LogP contribution in [0.4, 0.5) is 4.79 Å². The molecule has 41 heavy (non-hydrogen) atoms. The zero-order chi connectivity index (χ0) is 29.7. The van der Waals surface area contributed by atoms with Crippen LogP contribution in [0.25, 0.3) is 0 Å². The number of esters is 1. The summed E-state index contributed by atoms with van der Waals surface area (Å²) in [6.07, 6.45) is 0. The number of carbonyl (C=O) groups is 3. The van der Waals surface area contributed by atoms with Crippen LogP contribution in [0.3, 0.4) is 0 Å². The number of nitrogens with one attached hydrogen (secondary N) is 1. The van der Waals surface area contributed by atoms with Gasteiger partial charge < -0.3 is 24.4 Å². The Balaban J connectivity index is 1.68. The van der Waals surface area contributed by atoms with Crippen molar-refractivity contribution in [2.24, 2.45) is 0 Å². The maximum Gasteiger partial charge on any atom is 0.338 e. The van der Waals surface area contributed by atoms with Gasteiger partial charge in [0.1, 0.15) is 11.5 Å². The molecule has 2 aliphatic heterocycles. The number of benzene rings is 2. The third-order valence-corrected chi connectivity index (χ3v) is 7.64. The number of carbonyl (C=O) groups excluding carboxylic acids is 3. The normalized spacial score (nSPS) is 19.6. The van der Waals surface area contributed by atoms with E-state index in [1.807, 2.05) is 49.9 Å². The van der Waals surface area contributed by atoms with E-state index in [2.05, 4.69) is 10.2 Å². The van der Waals surface area contributed by atoms with Crippen LogP contribution in [-0.2, 0) is 9.53 Å². The lowest BCUT2D eigenvalue weighted by Gasteiger charge is -2.43. The number of piperazine rings is 1. The molecule has 0 aromatic heterocycles. The Kier molecular flexibility index (Phi) is 9.54. The van der Waals surface area contributed by atoms with Gasteiger partial charge in [0.05, 0.1) is 32.4 Å². The molecule has 0 radical (unpaired) electrons. The number of hydrogen-bond donors (Lipinski definition) is 1. The van der Waals surface area contributed by atoms with Crippen molar-refractivity contribution in [2.45, 2.75) is 39.8 Å². The highest BCUT2D eigenvalue weighted by atomic mass is 16.5. The zero-order valence-electron chi connectivity index (χ0n) is 24.7. The number of ether oxygens (including phenoxy) is 3. The van der Waals surface area contributed by atoms with Gasteiger partial charge in [-0.25, -0.2) is 9.59 Å². The van der Waals surface area contributed by atoms with Crippen LogP contribution in [-0.4, -0.2) is 92.2 Å². The van der Waals surface area contributed by atoms with Gasteiger partial charge in [-0.1, -0.05) is 17.7 Å². The van der Waals surface area contributed by atoms with Gasteiger partial charge in [-0.3, -0.25) is 14.6 Å². The molecule has 2 atom stereocenters. The number of hydrogen-bond acceptors (Lipinski definition) is 7. The lowest BCUT2D eigenvalue weighted by atomic mass is 9.93. The van der Waals surface area contributed by atoms with Gasteiger partial charge in [-0.05, 0) is 58.0 Å². The first-order chi connectivity index (χ1) is 19.7. The first kappa shape index (κ1) is 29.9. The average molecular weight is 565 g/mol. The number of rotatable bonds is 9. The van der Waals surface area contributed by atoms with Crippen LogP contribution < -0.4 is 14.8 Å². The van der Waals surface area contributed by atoms with Gasteiger partial charge >= 0.3 is 12.0 Å². The van der Waals surface area contributed by atoms with Crippen LogP contribution in [0.1, 0.15) is 48.3 Å². The second kappa shape index (κ2) is 13.1. The largest absolute Gasteiger partial charge is 0.497 e. The molecule has 1 N–H and O–H groups in total. The van der Waals surface area contributed by atoms with Crippen molar-refractivity contribution >= 4 is 17.9 Å². The molecule has 3 amide bonds. The van der Waals surface area contributed by atoms with Crippen LogP contribution in [0.5, 0.6) is 11.5 Å². The van der Waals surface area contributed by atoms with Crippen molar-refractivity contribution in [3.8, 4) is 11.5 Å². The van der Waals surface area contributed by atoms with E-state index >= 15 is 0 Å². The summed E-state index contributed by atoms with van der Waals surface area (Å²) in [4.78, 5) is 45.8. The second-order valence-electron chi connectivity index (χ2n) is 10.3. The molecule has 220 valence electrons. The Morgan fingerprint density at radius 2 is 1.76 bits per heavy atom. The molecule has 1 fully saturated rings. The van der Waals surface area contributed by atoms with E-state index < -0.39 is 12.0 Å². The summed E-state index contributed by atoms with van der Waals surface area (Å²) in [6.45, 7) is 10.2. The Morgan fingerprint density at radius 1 is 1.02 bits per heavy atom. The Labute approximate surface area is 241 Å². The molecule has 10 nitrogen and oxygen atoms in total. The molecule has 2 unspecified atom stereocenters. The maximum atomic E-state index is 13.5. The lowest BCUT2D eigenvalue weighted by Crippen LogP contribution is -2.56. The average Bonchev–Trinajstić information content (AvgIpc) is 2.97. The lowest BCUT2D eigenvalue weighted by molar-refractivity contribution is -0.139. The molecular formula is C31H40N4O6. The minimum Gasteiger partial charge on any atom is -0.497 e. The van der Waals surface area contributed by atoms with E-state index in [1.165, 1.54) is 0 Å². The molecule has 4 rings (SSSR count). The van der Waals surface area contributed by atoms with Gasteiger partial charge in [0.2, 0.25) is 0 Å². The third kappa shape index (κ3) is 6.32. The molecule has 2 aromatic carbocycles. The summed E-state index contributed by atoms with van der Waals surface area (Å²) in [5, 5.41) is 2.99. The fourth-order valence-electron chi connectivity index (χ4n) is 5.51. The first-order valence-corrected chi connectivity index (χ1v) is 14.0. The van der Waals surface area contributed by atoms with Crippen LogP contribution in [0.2, 0.25) is 0 Å². The molecule has 2 heterocycles. The van der Waals surface area contributed by atoms with E-state index in [4.69, 9.17) is 14.2 Å². The van der Waals surface area contributed by atoms with Gasteiger partial charge in [0, 0.05) is 55.6 Å². The maximum absolute atomic E-state index is 13.5.